The van der Waals surface area contributed by atoms with Gasteiger partial charge in [-0.15, -0.1) is 0 Å². The van der Waals surface area contributed by atoms with Gasteiger partial charge in [0.1, 0.15) is 0 Å². The summed E-state index contributed by atoms with van der Waals surface area (Å²) in [5.74, 6) is 0. The number of hydrogen-bond donors (Lipinski definition) is 0. The number of ether oxygens (including phenoxy) is 1. The Morgan fingerprint density at radius 2 is 2.00 bits per heavy atom. The van der Waals surface area contributed by atoms with Gasteiger partial charge in [0.05, 0.1) is 12.3 Å². The van der Waals surface area contributed by atoms with Crippen LogP contribution in [0.15, 0.2) is 42.7 Å². The first-order valence-corrected chi connectivity index (χ1v) is 6.18. The van der Waals surface area contributed by atoms with Crippen molar-refractivity contribution in [1.82, 2.24) is 14.6 Å². The third kappa shape index (κ3) is 2.11. The van der Waals surface area contributed by atoms with Gasteiger partial charge < -0.3 is 4.74 Å². The predicted octanol–water partition coefficient (Wildman–Crippen LogP) is 2.85. The van der Waals surface area contributed by atoms with Crippen molar-refractivity contribution >= 4 is 5.65 Å². The van der Waals surface area contributed by atoms with Crippen molar-refractivity contribution in [2.75, 3.05) is 7.11 Å². The number of rotatable bonds is 3. The summed E-state index contributed by atoms with van der Waals surface area (Å²) in [5.41, 5.74) is 5.25. The molecule has 0 N–H and O–H groups in total. The molecule has 2 aromatic heterocycles. The number of hydrogen-bond acceptors (Lipinski definition) is 3. The number of aryl methyl sites for hydroxylation is 1. The van der Waals surface area contributed by atoms with E-state index in [1.807, 2.05) is 23.7 Å². The van der Waals surface area contributed by atoms with E-state index in [1.54, 1.807) is 13.3 Å². The Labute approximate surface area is 111 Å². The van der Waals surface area contributed by atoms with Crippen LogP contribution in [0.3, 0.4) is 0 Å². The molecule has 0 fully saturated rings. The van der Waals surface area contributed by atoms with Gasteiger partial charge in [-0.25, -0.2) is 9.50 Å². The van der Waals surface area contributed by atoms with Gasteiger partial charge in [-0.2, -0.15) is 5.10 Å². The molecule has 0 spiro atoms. The minimum Gasteiger partial charge on any atom is -0.380 e. The molecule has 0 amide bonds. The van der Waals surface area contributed by atoms with E-state index >= 15 is 0 Å². The summed E-state index contributed by atoms with van der Waals surface area (Å²) in [6.07, 6.45) is 3.71. The number of methoxy groups -OCH3 is 1. The van der Waals surface area contributed by atoms with E-state index in [9.17, 15) is 0 Å². The molecule has 19 heavy (non-hydrogen) atoms. The van der Waals surface area contributed by atoms with E-state index in [0.29, 0.717) is 6.61 Å². The SMILES string of the molecule is COCc1ccc(-c2c(C)nn3cccnc23)cc1. The second-order valence-corrected chi connectivity index (χ2v) is 4.48. The van der Waals surface area contributed by atoms with E-state index in [1.165, 1.54) is 0 Å². The van der Waals surface area contributed by atoms with E-state index in [2.05, 4.69) is 34.3 Å². The lowest BCUT2D eigenvalue weighted by Crippen LogP contribution is -1.89. The first-order valence-electron chi connectivity index (χ1n) is 6.18. The highest BCUT2D eigenvalue weighted by molar-refractivity contribution is 5.79. The molecule has 0 atom stereocenters. The van der Waals surface area contributed by atoms with Crippen LogP contribution in [0.4, 0.5) is 0 Å². The van der Waals surface area contributed by atoms with Gasteiger partial charge in [-0.05, 0) is 24.1 Å². The van der Waals surface area contributed by atoms with Crippen LogP contribution in [0.5, 0.6) is 0 Å². The zero-order chi connectivity index (χ0) is 13.2. The summed E-state index contributed by atoms with van der Waals surface area (Å²) in [7, 11) is 1.70. The fourth-order valence-corrected chi connectivity index (χ4v) is 2.27. The maximum Gasteiger partial charge on any atom is 0.163 e. The summed E-state index contributed by atoms with van der Waals surface area (Å²) in [6.45, 7) is 2.64. The van der Waals surface area contributed by atoms with Crippen molar-refractivity contribution in [2.24, 2.45) is 0 Å². The van der Waals surface area contributed by atoms with Gasteiger partial charge in [0.2, 0.25) is 0 Å². The molecule has 0 unspecified atom stereocenters. The number of nitrogens with zero attached hydrogens (tertiary/aromatic N) is 3. The van der Waals surface area contributed by atoms with Crippen molar-refractivity contribution in [3.8, 4) is 11.1 Å². The smallest absolute Gasteiger partial charge is 0.163 e. The zero-order valence-corrected chi connectivity index (χ0v) is 11.0. The van der Waals surface area contributed by atoms with Crippen LogP contribution >= 0.6 is 0 Å². The van der Waals surface area contributed by atoms with Crippen LogP contribution in [0, 0.1) is 6.92 Å². The monoisotopic (exact) mass is 253 g/mol. The Balaban J connectivity index is 2.10. The molecule has 0 aliphatic carbocycles. The van der Waals surface area contributed by atoms with Gasteiger partial charge in [-0.1, -0.05) is 24.3 Å². The highest BCUT2D eigenvalue weighted by atomic mass is 16.5. The number of benzene rings is 1. The molecule has 0 aliphatic heterocycles. The highest BCUT2D eigenvalue weighted by Gasteiger charge is 2.11. The first-order chi connectivity index (χ1) is 9.29. The molecule has 2 heterocycles. The summed E-state index contributed by atoms with van der Waals surface area (Å²) in [4.78, 5) is 4.41. The molecule has 4 nitrogen and oxygen atoms in total. The van der Waals surface area contributed by atoms with Crippen molar-refractivity contribution in [1.29, 1.82) is 0 Å². The van der Waals surface area contributed by atoms with Crippen molar-refractivity contribution in [3.63, 3.8) is 0 Å². The maximum atomic E-state index is 5.12. The Hall–Kier alpha value is -2.20. The molecular weight excluding hydrogens is 238 g/mol. The van der Waals surface area contributed by atoms with Crippen LogP contribution < -0.4 is 0 Å². The minimum absolute atomic E-state index is 0.631. The quantitative estimate of drug-likeness (QED) is 0.720. The second kappa shape index (κ2) is 4.82. The molecule has 0 radical (unpaired) electrons. The molecule has 96 valence electrons. The van der Waals surface area contributed by atoms with E-state index < -0.39 is 0 Å². The normalized spacial score (nSPS) is 11.1. The van der Waals surface area contributed by atoms with Gasteiger partial charge >= 0.3 is 0 Å². The van der Waals surface area contributed by atoms with Gasteiger partial charge in [0, 0.05) is 25.1 Å². The molecule has 3 rings (SSSR count). The zero-order valence-electron chi connectivity index (χ0n) is 11.0. The molecule has 0 saturated carbocycles. The van der Waals surface area contributed by atoms with Crippen LogP contribution in [0.25, 0.3) is 16.8 Å². The van der Waals surface area contributed by atoms with Gasteiger partial charge in [-0.3, -0.25) is 0 Å². The lowest BCUT2D eigenvalue weighted by molar-refractivity contribution is 0.185. The van der Waals surface area contributed by atoms with Gasteiger partial charge in [0.15, 0.2) is 5.65 Å². The molecule has 3 aromatic rings. The Bertz CT molecular complexity index is 701. The van der Waals surface area contributed by atoms with Gasteiger partial charge in [0.25, 0.3) is 0 Å². The summed E-state index contributed by atoms with van der Waals surface area (Å²) >= 11 is 0. The van der Waals surface area contributed by atoms with E-state index in [4.69, 9.17) is 4.74 Å². The standard InChI is InChI=1S/C15H15N3O/c1-11-14(15-16-8-3-9-18(15)17-11)13-6-4-12(5-7-13)10-19-2/h3-9H,10H2,1-2H3. The van der Waals surface area contributed by atoms with Crippen molar-refractivity contribution < 1.29 is 4.74 Å². The molecule has 1 aromatic carbocycles. The van der Waals surface area contributed by atoms with Crippen molar-refractivity contribution in [2.45, 2.75) is 13.5 Å². The highest BCUT2D eigenvalue weighted by Crippen LogP contribution is 2.27. The third-order valence-corrected chi connectivity index (χ3v) is 3.12. The number of fused-ring (bicyclic) bond motifs is 1. The lowest BCUT2D eigenvalue weighted by atomic mass is 10.0. The molecule has 0 bridgehead atoms. The van der Waals surface area contributed by atoms with Crippen LogP contribution in [-0.2, 0) is 11.3 Å². The Morgan fingerprint density at radius 1 is 1.21 bits per heavy atom. The molecule has 0 saturated heterocycles. The Kier molecular flexibility index (Phi) is 3.01. The topological polar surface area (TPSA) is 39.4 Å². The van der Waals surface area contributed by atoms with Crippen LogP contribution in [0.2, 0.25) is 0 Å². The first kappa shape index (κ1) is 11.9. The Morgan fingerprint density at radius 3 is 2.74 bits per heavy atom. The number of aromatic nitrogens is 3. The van der Waals surface area contributed by atoms with Crippen LogP contribution in [0.1, 0.15) is 11.3 Å². The predicted molar refractivity (Wildman–Crippen MR) is 73.9 cm³/mol. The minimum atomic E-state index is 0.631. The second-order valence-electron chi connectivity index (χ2n) is 4.48. The largest absolute Gasteiger partial charge is 0.380 e. The fourth-order valence-electron chi connectivity index (χ4n) is 2.27. The van der Waals surface area contributed by atoms with E-state index in [0.717, 1.165) is 28.0 Å². The third-order valence-electron chi connectivity index (χ3n) is 3.12. The average molecular weight is 253 g/mol. The molecule has 4 heteroatoms. The maximum absolute atomic E-state index is 5.12. The lowest BCUT2D eigenvalue weighted by Gasteiger charge is -2.03. The average Bonchev–Trinajstić information content (AvgIpc) is 2.76. The fraction of sp³-hybridized carbons (Fsp3) is 0.200. The summed E-state index contributed by atoms with van der Waals surface area (Å²) in [5, 5.41) is 4.48. The van der Waals surface area contributed by atoms with Crippen molar-refractivity contribution in [3.05, 3.63) is 54.0 Å². The summed E-state index contributed by atoms with van der Waals surface area (Å²) in [6, 6.07) is 10.2. The summed E-state index contributed by atoms with van der Waals surface area (Å²) < 4.78 is 6.94. The molecule has 0 aliphatic rings. The molecular formula is C15H15N3O. The van der Waals surface area contributed by atoms with E-state index in [-0.39, 0.29) is 0 Å². The van der Waals surface area contributed by atoms with Crippen LogP contribution in [-0.4, -0.2) is 21.7 Å².